The summed E-state index contributed by atoms with van der Waals surface area (Å²) in [5.74, 6) is 0.852. The van der Waals surface area contributed by atoms with Gasteiger partial charge in [-0.1, -0.05) is 12.1 Å². The van der Waals surface area contributed by atoms with Crippen LogP contribution in [0, 0.1) is 0 Å². The Hall–Kier alpha value is -2.50. The largest absolute Gasteiger partial charge is 0.494 e. The number of nitrogens with zero attached hydrogens (tertiary/aromatic N) is 5. The van der Waals surface area contributed by atoms with Gasteiger partial charge in [0.2, 0.25) is 0 Å². The van der Waals surface area contributed by atoms with Gasteiger partial charge in [-0.25, -0.2) is 9.97 Å². The summed E-state index contributed by atoms with van der Waals surface area (Å²) in [7, 11) is 0. The maximum absolute atomic E-state index is 5.54. The average molecular weight is 255 g/mol. The fourth-order valence-electron chi connectivity index (χ4n) is 1.76. The van der Waals surface area contributed by atoms with Gasteiger partial charge < -0.3 is 4.74 Å². The first-order valence-electron chi connectivity index (χ1n) is 6.13. The lowest BCUT2D eigenvalue weighted by molar-refractivity contribution is 0.317. The maximum atomic E-state index is 5.54. The van der Waals surface area contributed by atoms with Gasteiger partial charge in [-0.2, -0.15) is 4.68 Å². The molecule has 0 unspecified atom stereocenters. The van der Waals surface area contributed by atoms with Crippen molar-refractivity contribution in [2.75, 3.05) is 6.61 Å². The van der Waals surface area contributed by atoms with Crippen LogP contribution in [0.15, 0.2) is 36.8 Å². The monoisotopic (exact) mass is 255 g/mol. The van der Waals surface area contributed by atoms with Crippen LogP contribution >= 0.6 is 0 Å². The van der Waals surface area contributed by atoms with Crippen molar-refractivity contribution < 1.29 is 4.74 Å². The Labute approximate surface area is 110 Å². The lowest BCUT2D eigenvalue weighted by atomic mass is 10.3. The molecule has 0 atom stereocenters. The topological polar surface area (TPSA) is 65.7 Å². The summed E-state index contributed by atoms with van der Waals surface area (Å²) >= 11 is 0. The fraction of sp³-hybridized carbons (Fsp3) is 0.231. The van der Waals surface area contributed by atoms with Gasteiger partial charge in [0, 0.05) is 0 Å². The van der Waals surface area contributed by atoms with Crippen molar-refractivity contribution in [1.29, 1.82) is 0 Å². The summed E-state index contributed by atoms with van der Waals surface area (Å²) in [5, 5.41) is 8.10. The number of aromatic nitrogens is 5. The van der Waals surface area contributed by atoms with E-state index in [1.54, 1.807) is 10.9 Å². The molecule has 2 heterocycles. The van der Waals surface area contributed by atoms with Gasteiger partial charge in [0.05, 0.1) is 18.5 Å². The molecule has 0 aliphatic carbocycles. The summed E-state index contributed by atoms with van der Waals surface area (Å²) in [6, 6.07) is 7.70. The number of hydrogen-bond donors (Lipinski definition) is 0. The molecule has 19 heavy (non-hydrogen) atoms. The Balaban J connectivity index is 1.93. The van der Waals surface area contributed by atoms with E-state index in [1.165, 1.54) is 6.33 Å². The quantitative estimate of drug-likeness (QED) is 0.713. The molecule has 96 valence electrons. The molecule has 0 fully saturated rings. The molecule has 0 bridgehead atoms. The van der Waals surface area contributed by atoms with Gasteiger partial charge in [-0.05, 0) is 30.7 Å². The van der Waals surface area contributed by atoms with Crippen molar-refractivity contribution in [1.82, 2.24) is 25.0 Å². The third-order valence-electron chi connectivity index (χ3n) is 2.67. The first kappa shape index (κ1) is 11.6. The number of rotatable bonds is 4. The summed E-state index contributed by atoms with van der Waals surface area (Å²) in [5.41, 5.74) is 2.26. The second-order valence-corrected chi connectivity index (χ2v) is 4.08. The van der Waals surface area contributed by atoms with Crippen LogP contribution in [0.25, 0.3) is 16.9 Å². The van der Waals surface area contributed by atoms with Crippen LogP contribution in [0.5, 0.6) is 5.75 Å². The van der Waals surface area contributed by atoms with Gasteiger partial charge in [0.25, 0.3) is 0 Å². The van der Waals surface area contributed by atoms with Crippen LogP contribution in [0.1, 0.15) is 13.3 Å². The minimum Gasteiger partial charge on any atom is -0.494 e. The Kier molecular flexibility index (Phi) is 3.06. The van der Waals surface area contributed by atoms with Crippen molar-refractivity contribution in [3.63, 3.8) is 0 Å². The van der Waals surface area contributed by atoms with Gasteiger partial charge >= 0.3 is 0 Å². The van der Waals surface area contributed by atoms with Crippen LogP contribution in [-0.4, -0.2) is 31.6 Å². The molecule has 6 nitrogen and oxygen atoms in total. The standard InChI is InChI=1S/C13H13N5O/c1-2-7-19-11-5-3-10(4-6-11)18-13-12(16-17-18)8-14-9-15-13/h3-6,8-9H,2,7H2,1H3. The molecule has 2 aromatic heterocycles. The normalized spacial score (nSPS) is 10.8. The summed E-state index contributed by atoms with van der Waals surface area (Å²) < 4.78 is 7.23. The second-order valence-electron chi connectivity index (χ2n) is 4.08. The van der Waals surface area contributed by atoms with Crippen LogP contribution < -0.4 is 4.74 Å². The van der Waals surface area contributed by atoms with Crippen molar-refractivity contribution in [2.45, 2.75) is 13.3 Å². The third-order valence-corrected chi connectivity index (χ3v) is 2.67. The molecule has 0 spiro atoms. The van der Waals surface area contributed by atoms with Crippen LogP contribution in [0.3, 0.4) is 0 Å². The zero-order valence-electron chi connectivity index (χ0n) is 10.5. The molecule has 0 saturated carbocycles. The molecule has 0 saturated heterocycles. The van der Waals surface area contributed by atoms with E-state index in [2.05, 4.69) is 27.2 Å². The van der Waals surface area contributed by atoms with Crippen molar-refractivity contribution in [3.8, 4) is 11.4 Å². The predicted molar refractivity (Wildman–Crippen MR) is 70.2 cm³/mol. The number of hydrogen-bond acceptors (Lipinski definition) is 5. The lowest BCUT2D eigenvalue weighted by Gasteiger charge is -2.05. The van der Waals surface area contributed by atoms with E-state index >= 15 is 0 Å². The van der Waals surface area contributed by atoms with Crippen LogP contribution in [-0.2, 0) is 0 Å². The summed E-state index contributed by atoms with van der Waals surface area (Å²) in [6.45, 7) is 2.80. The van der Waals surface area contributed by atoms with E-state index in [-0.39, 0.29) is 0 Å². The van der Waals surface area contributed by atoms with Gasteiger partial charge in [-0.3, -0.25) is 0 Å². The molecule has 0 aliphatic rings. The highest BCUT2D eigenvalue weighted by Gasteiger charge is 2.07. The van der Waals surface area contributed by atoms with Gasteiger partial charge in [0.1, 0.15) is 12.1 Å². The highest BCUT2D eigenvalue weighted by Crippen LogP contribution is 2.17. The molecule has 3 aromatic rings. The third kappa shape index (κ3) is 2.24. The van der Waals surface area contributed by atoms with E-state index in [4.69, 9.17) is 4.74 Å². The SMILES string of the molecule is CCCOc1ccc(-n2nnc3cncnc32)cc1. The van der Waals surface area contributed by atoms with Crippen molar-refractivity contribution >= 4 is 11.2 Å². The zero-order chi connectivity index (χ0) is 13.1. The molecular weight excluding hydrogens is 242 g/mol. The Morgan fingerprint density at radius 2 is 2.05 bits per heavy atom. The molecule has 3 rings (SSSR count). The minimum atomic E-state index is 0.675. The van der Waals surface area contributed by atoms with E-state index in [0.717, 1.165) is 24.5 Å². The Morgan fingerprint density at radius 1 is 1.21 bits per heavy atom. The van der Waals surface area contributed by atoms with Gasteiger partial charge in [-0.15, -0.1) is 5.10 Å². The molecule has 0 N–H and O–H groups in total. The van der Waals surface area contributed by atoms with Crippen LogP contribution in [0.2, 0.25) is 0 Å². The Bertz CT molecular complexity index is 677. The fourth-order valence-corrected chi connectivity index (χ4v) is 1.76. The summed E-state index contributed by atoms with van der Waals surface area (Å²) in [4.78, 5) is 8.11. The Morgan fingerprint density at radius 3 is 2.84 bits per heavy atom. The number of fused-ring (bicyclic) bond motifs is 1. The molecule has 0 amide bonds. The molecular formula is C13H13N5O. The average Bonchev–Trinajstić information content (AvgIpc) is 2.90. The van der Waals surface area contributed by atoms with E-state index in [0.29, 0.717) is 11.2 Å². The predicted octanol–water partition coefficient (Wildman–Crippen LogP) is 2.00. The smallest absolute Gasteiger partial charge is 0.186 e. The van der Waals surface area contributed by atoms with Crippen molar-refractivity contribution in [2.24, 2.45) is 0 Å². The number of ether oxygens (including phenoxy) is 1. The zero-order valence-corrected chi connectivity index (χ0v) is 10.5. The molecule has 1 aromatic carbocycles. The lowest BCUT2D eigenvalue weighted by Crippen LogP contribution is -1.99. The molecule has 6 heteroatoms. The highest BCUT2D eigenvalue weighted by molar-refractivity contribution is 5.70. The first-order chi connectivity index (χ1) is 9.38. The molecule has 0 radical (unpaired) electrons. The highest BCUT2D eigenvalue weighted by atomic mass is 16.5. The number of benzene rings is 1. The van der Waals surface area contributed by atoms with E-state index in [9.17, 15) is 0 Å². The maximum Gasteiger partial charge on any atom is 0.186 e. The molecule has 0 aliphatic heterocycles. The minimum absolute atomic E-state index is 0.675. The van der Waals surface area contributed by atoms with E-state index in [1.807, 2.05) is 24.3 Å². The van der Waals surface area contributed by atoms with E-state index < -0.39 is 0 Å². The van der Waals surface area contributed by atoms with Crippen LogP contribution in [0.4, 0.5) is 0 Å². The second kappa shape index (κ2) is 5.01. The van der Waals surface area contributed by atoms with Crippen molar-refractivity contribution in [3.05, 3.63) is 36.8 Å². The summed E-state index contributed by atoms with van der Waals surface area (Å²) in [6.07, 6.45) is 4.12. The first-order valence-corrected chi connectivity index (χ1v) is 6.13. The van der Waals surface area contributed by atoms with Gasteiger partial charge in [0.15, 0.2) is 11.2 Å².